The van der Waals surface area contributed by atoms with E-state index < -0.39 is 15.7 Å². The summed E-state index contributed by atoms with van der Waals surface area (Å²) in [5, 5.41) is 4.93. The number of pyridine rings is 1. The van der Waals surface area contributed by atoms with Gasteiger partial charge in [-0.25, -0.2) is 13.4 Å². The van der Waals surface area contributed by atoms with Gasteiger partial charge in [-0.15, -0.1) is 11.3 Å². The number of sulfone groups is 1. The van der Waals surface area contributed by atoms with E-state index in [1.807, 2.05) is 12.1 Å². The highest BCUT2D eigenvalue weighted by Gasteiger charge is 2.17. The molecule has 0 saturated heterocycles. The van der Waals surface area contributed by atoms with Crippen molar-refractivity contribution in [3.8, 4) is 11.4 Å². The SMILES string of the molecule is CS(=O)(=O)c1ccc(Cl)c(C(=O)Nc2nc(-c3ccccn3)cs2)c1. The number of hydrogen-bond donors (Lipinski definition) is 1. The van der Waals surface area contributed by atoms with Crippen LogP contribution in [0.4, 0.5) is 5.13 Å². The summed E-state index contributed by atoms with van der Waals surface area (Å²) in [5.74, 6) is -0.530. The fourth-order valence-corrected chi connectivity index (χ4v) is 3.59. The highest BCUT2D eigenvalue weighted by atomic mass is 35.5. The second-order valence-corrected chi connectivity index (χ2v) is 8.40. The van der Waals surface area contributed by atoms with Gasteiger partial charge < -0.3 is 0 Å². The van der Waals surface area contributed by atoms with Gasteiger partial charge in [-0.2, -0.15) is 0 Å². The molecular weight excluding hydrogens is 382 g/mol. The Bertz CT molecular complexity index is 1030. The Balaban J connectivity index is 1.85. The van der Waals surface area contributed by atoms with Gasteiger partial charge in [-0.1, -0.05) is 17.7 Å². The van der Waals surface area contributed by atoms with E-state index in [9.17, 15) is 13.2 Å². The van der Waals surface area contributed by atoms with Crippen molar-refractivity contribution in [3.63, 3.8) is 0 Å². The van der Waals surface area contributed by atoms with Crippen LogP contribution in [0.25, 0.3) is 11.4 Å². The Morgan fingerprint density at radius 1 is 1.20 bits per heavy atom. The summed E-state index contributed by atoms with van der Waals surface area (Å²) in [6.45, 7) is 0. The number of halogens is 1. The van der Waals surface area contributed by atoms with Gasteiger partial charge in [-0.3, -0.25) is 15.1 Å². The minimum absolute atomic E-state index is 0.0235. The van der Waals surface area contributed by atoms with Crippen LogP contribution in [0.3, 0.4) is 0 Å². The summed E-state index contributed by atoms with van der Waals surface area (Å²) in [7, 11) is -3.44. The Kier molecular flexibility index (Phi) is 4.85. The first-order chi connectivity index (χ1) is 11.8. The normalized spacial score (nSPS) is 11.3. The fraction of sp³-hybridized carbons (Fsp3) is 0.0625. The zero-order valence-electron chi connectivity index (χ0n) is 12.9. The molecule has 0 aliphatic heterocycles. The number of aromatic nitrogens is 2. The van der Waals surface area contributed by atoms with Gasteiger partial charge >= 0.3 is 0 Å². The molecule has 1 aromatic carbocycles. The number of rotatable bonds is 4. The highest BCUT2D eigenvalue weighted by molar-refractivity contribution is 7.90. The number of benzene rings is 1. The first kappa shape index (κ1) is 17.5. The first-order valence-electron chi connectivity index (χ1n) is 7.02. The summed E-state index contributed by atoms with van der Waals surface area (Å²) in [5.41, 5.74) is 1.40. The van der Waals surface area contributed by atoms with Gasteiger partial charge in [-0.05, 0) is 30.3 Å². The lowest BCUT2D eigenvalue weighted by molar-refractivity contribution is 0.102. The van der Waals surface area contributed by atoms with Crippen LogP contribution in [0.15, 0.2) is 52.9 Å². The zero-order valence-corrected chi connectivity index (χ0v) is 15.3. The molecule has 2 heterocycles. The molecule has 0 unspecified atom stereocenters. The van der Waals surface area contributed by atoms with E-state index >= 15 is 0 Å². The number of hydrogen-bond acceptors (Lipinski definition) is 6. The first-order valence-corrected chi connectivity index (χ1v) is 10.2. The van der Waals surface area contributed by atoms with Crippen molar-refractivity contribution in [1.82, 2.24) is 9.97 Å². The monoisotopic (exact) mass is 393 g/mol. The predicted octanol–water partition coefficient (Wildman–Crippen LogP) is 3.51. The van der Waals surface area contributed by atoms with Crippen molar-refractivity contribution < 1.29 is 13.2 Å². The maximum absolute atomic E-state index is 12.4. The molecule has 0 aliphatic rings. The van der Waals surface area contributed by atoms with E-state index in [1.54, 1.807) is 17.6 Å². The molecule has 0 saturated carbocycles. The van der Waals surface area contributed by atoms with Crippen molar-refractivity contribution in [3.05, 3.63) is 58.6 Å². The van der Waals surface area contributed by atoms with Crippen LogP contribution in [-0.2, 0) is 9.84 Å². The summed E-state index contributed by atoms with van der Waals surface area (Å²) in [6, 6.07) is 9.45. The van der Waals surface area contributed by atoms with Gasteiger partial charge in [0.05, 0.1) is 21.2 Å². The van der Waals surface area contributed by atoms with Gasteiger partial charge in [0.25, 0.3) is 5.91 Å². The average molecular weight is 394 g/mol. The molecule has 3 aromatic rings. The lowest BCUT2D eigenvalue weighted by Gasteiger charge is -2.06. The van der Waals surface area contributed by atoms with Crippen molar-refractivity contribution in [2.75, 3.05) is 11.6 Å². The maximum atomic E-state index is 12.4. The van der Waals surface area contributed by atoms with E-state index in [-0.39, 0.29) is 15.5 Å². The van der Waals surface area contributed by atoms with E-state index in [0.717, 1.165) is 6.26 Å². The second kappa shape index (κ2) is 6.91. The van der Waals surface area contributed by atoms with Crippen LogP contribution in [0.2, 0.25) is 5.02 Å². The van der Waals surface area contributed by atoms with Crippen LogP contribution >= 0.6 is 22.9 Å². The van der Waals surface area contributed by atoms with E-state index in [0.29, 0.717) is 16.5 Å². The molecule has 6 nitrogen and oxygen atoms in total. The Hall–Kier alpha value is -2.29. The predicted molar refractivity (Wildman–Crippen MR) is 97.9 cm³/mol. The van der Waals surface area contributed by atoms with Crippen molar-refractivity contribution in [1.29, 1.82) is 0 Å². The molecular formula is C16H12ClN3O3S2. The molecule has 0 atom stereocenters. The Morgan fingerprint density at radius 3 is 2.68 bits per heavy atom. The van der Waals surface area contributed by atoms with Crippen molar-refractivity contribution >= 4 is 43.8 Å². The minimum atomic E-state index is -3.44. The topological polar surface area (TPSA) is 89.0 Å². The van der Waals surface area contributed by atoms with Gasteiger partial charge in [0, 0.05) is 17.8 Å². The maximum Gasteiger partial charge on any atom is 0.259 e. The Labute approximate surface area is 153 Å². The molecule has 0 aliphatic carbocycles. The summed E-state index contributed by atoms with van der Waals surface area (Å²) < 4.78 is 23.3. The molecule has 9 heteroatoms. The number of nitrogens with zero attached hydrogens (tertiary/aromatic N) is 2. The number of amides is 1. The number of carbonyl (C=O) groups excluding carboxylic acids is 1. The number of thiazole rings is 1. The van der Waals surface area contributed by atoms with Crippen LogP contribution in [-0.4, -0.2) is 30.5 Å². The average Bonchev–Trinajstić information content (AvgIpc) is 3.03. The van der Waals surface area contributed by atoms with E-state index in [4.69, 9.17) is 11.6 Å². The third-order valence-corrected chi connectivity index (χ3v) is 5.46. The van der Waals surface area contributed by atoms with Gasteiger partial charge in [0.1, 0.15) is 5.69 Å². The van der Waals surface area contributed by atoms with Crippen LogP contribution in [0, 0.1) is 0 Å². The standard InChI is InChI=1S/C16H12ClN3O3S2/c1-25(22,23)10-5-6-12(17)11(8-10)15(21)20-16-19-14(9-24-16)13-4-2-3-7-18-13/h2-9H,1H3,(H,19,20,21). The smallest absolute Gasteiger partial charge is 0.259 e. The van der Waals surface area contributed by atoms with Crippen LogP contribution in [0.5, 0.6) is 0 Å². The highest BCUT2D eigenvalue weighted by Crippen LogP contribution is 2.25. The fourth-order valence-electron chi connectivity index (χ4n) is 2.04. The molecule has 128 valence electrons. The summed E-state index contributed by atoms with van der Waals surface area (Å²) in [4.78, 5) is 20.9. The van der Waals surface area contributed by atoms with Crippen LogP contribution in [0.1, 0.15) is 10.4 Å². The molecule has 1 N–H and O–H groups in total. The number of nitrogens with one attached hydrogen (secondary N) is 1. The minimum Gasteiger partial charge on any atom is -0.298 e. The third-order valence-electron chi connectivity index (χ3n) is 3.26. The van der Waals surface area contributed by atoms with E-state index in [2.05, 4.69) is 15.3 Å². The molecule has 0 bridgehead atoms. The molecule has 2 aromatic heterocycles. The molecule has 1 amide bonds. The van der Waals surface area contributed by atoms with Gasteiger partial charge in [0.15, 0.2) is 15.0 Å². The molecule has 0 spiro atoms. The molecule has 0 fully saturated rings. The van der Waals surface area contributed by atoms with Crippen molar-refractivity contribution in [2.45, 2.75) is 4.90 Å². The number of carbonyl (C=O) groups is 1. The molecule has 0 radical (unpaired) electrons. The number of anilines is 1. The summed E-state index contributed by atoms with van der Waals surface area (Å²) in [6.07, 6.45) is 2.72. The van der Waals surface area contributed by atoms with Gasteiger partial charge in [0.2, 0.25) is 0 Å². The van der Waals surface area contributed by atoms with Crippen LogP contribution < -0.4 is 5.32 Å². The van der Waals surface area contributed by atoms with Crippen molar-refractivity contribution in [2.24, 2.45) is 0 Å². The summed E-state index contributed by atoms with van der Waals surface area (Å²) >= 11 is 7.26. The largest absolute Gasteiger partial charge is 0.298 e. The lowest BCUT2D eigenvalue weighted by Crippen LogP contribution is -2.13. The lowest BCUT2D eigenvalue weighted by atomic mass is 10.2. The van der Waals surface area contributed by atoms with E-state index in [1.165, 1.54) is 29.5 Å². The molecule has 3 rings (SSSR count). The zero-order chi connectivity index (χ0) is 18.0. The third kappa shape index (κ3) is 4.04. The quantitative estimate of drug-likeness (QED) is 0.732. The second-order valence-electron chi connectivity index (χ2n) is 5.12. The molecule has 25 heavy (non-hydrogen) atoms. The Morgan fingerprint density at radius 2 is 2.00 bits per heavy atom.